The average Bonchev–Trinajstić information content (AvgIpc) is 2.74. The van der Waals surface area contributed by atoms with Crippen molar-refractivity contribution >= 4 is 0 Å². The third-order valence-electron chi connectivity index (χ3n) is 5.98. The molecule has 3 rings (SSSR count). The number of methoxy groups -OCH3 is 1. The lowest BCUT2D eigenvalue weighted by molar-refractivity contribution is -0.0447. The third kappa shape index (κ3) is 5.59. The van der Waals surface area contributed by atoms with Crippen molar-refractivity contribution in [2.24, 2.45) is 5.92 Å². The van der Waals surface area contributed by atoms with Crippen LogP contribution in [-0.4, -0.2) is 31.9 Å². The molecule has 2 atom stereocenters. The summed E-state index contributed by atoms with van der Waals surface area (Å²) in [7, 11) is 1.73. The van der Waals surface area contributed by atoms with Crippen molar-refractivity contribution in [3.8, 4) is 11.5 Å². The molecule has 4 nitrogen and oxygen atoms in total. The molecular formula is C25H35NO3. The highest BCUT2D eigenvalue weighted by atomic mass is 16.5. The van der Waals surface area contributed by atoms with Gasteiger partial charge in [0.2, 0.25) is 0 Å². The molecule has 1 aliphatic heterocycles. The van der Waals surface area contributed by atoms with Gasteiger partial charge in [-0.05, 0) is 76.8 Å². The summed E-state index contributed by atoms with van der Waals surface area (Å²) in [5, 5.41) is 15.5. The van der Waals surface area contributed by atoms with E-state index in [1.165, 1.54) is 5.56 Å². The standard InChI is InChI=1S/C25H35NO3/c1-19-8-11-22(12-9-19)29-24-13-10-20(2)17-23(24)25(27,14-4-5-16-28-3)21-7-6-15-26-18-21/h8-13,17,21,26-27H,4-7,14-16,18H2,1-3H3. The van der Waals surface area contributed by atoms with Crippen LogP contribution >= 0.6 is 0 Å². The smallest absolute Gasteiger partial charge is 0.133 e. The van der Waals surface area contributed by atoms with Gasteiger partial charge in [-0.2, -0.15) is 0 Å². The molecule has 4 heteroatoms. The number of hydrogen-bond acceptors (Lipinski definition) is 4. The van der Waals surface area contributed by atoms with Crippen LogP contribution in [0, 0.1) is 19.8 Å². The molecule has 1 heterocycles. The number of unbranched alkanes of at least 4 members (excludes halogenated alkanes) is 1. The van der Waals surface area contributed by atoms with Crippen molar-refractivity contribution in [2.75, 3.05) is 26.8 Å². The molecule has 158 valence electrons. The Morgan fingerprint density at radius 1 is 1.07 bits per heavy atom. The second-order valence-electron chi connectivity index (χ2n) is 8.33. The molecule has 2 aromatic carbocycles. The van der Waals surface area contributed by atoms with E-state index in [2.05, 4.69) is 31.3 Å². The highest BCUT2D eigenvalue weighted by molar-refractivity contribution is 5.44. The summed E-state index contributed by atoms with van der Waals surface area (Å²) < 4.78 is 11.5. The normalized spacial score (nSPS) is 19.0. The Hall–Kier alpha value is -1.88. The minimum absolute atomic E-state index is 0.168. The zero-order valence-electron chi connectivity index (χ0n) is 18.0. The number of aliphatic hydroxyl groups is 1. The van der Waals surface area contributed by atoms with Gasteiger partial charge in [0, 0.05) is 31.7 Å². The van der Waals surface area contributed by atoms with E-state index in [1.807, 2.05) is 30.3 Å². The predicted octanol–water partition coefficient (Wildman–Crippen LogP) is 5.10. The first kappa shape index (κ1) is 21.8. The van der Waals surface area contributed by atoms with Gasteiger partial charge in [-0.25, -0.2) is 0 Å². The molecule has 2 N–H and O–H groups in total. The predicted molar refractivity (Wildman–Crippen MR) is 118 cm³/mol. The highest BCUT2D eigenvalue weighted by Gasteiger charge is 2.40. The molecule has 1 fully saturated rings. The third-order valence-corrected chi connectivity index (χ3v) is 5.98. The molecule has 0 aliphatic carbocycles. The Balaban J connectivity index is 1.94. The lowest BCUT2D eigenvalue weighted by atomic mass is 9.74. The van der Waals surface area contributed by atoms with Crippen LogP contribution in [0.3, 0.4) is 0 Å². The number of aryl methyl sites for hydroxylation is 2. The van der Waals surface area contributed by atoms with Gasteiger partial charge in [-0.15, -0.1) is 0 Å². The fourth-order valence-electron chi connectivity index (χ4n) is 4.26. The van der Waals surface area contributed by atoms with Crippen LogP contribution in [0.4, 0.5) is 0 Å². The summed E-state index contributed by atoms with van der Waals surface area (Å²) >= 11 is 0. The first-order chi connectivity index (χ1) is 14.0. The number of piperidine rings is 1. The van der Waals surface area contributed by atoms with E-state index in [4.69, 9.17) is 9.47 Å². The Morgan fingerprint density at radius 2 is 1.83 bits per heavy atom. The Kier molecular flexibility index (Phi) is 7.70. The van der Waals surface area contributed by atoms with Gasteiger partial charge < -0.3 is 19.9 Å². The van der Waals surface area contributed by atoms with E-state index in [0.29, 0.717) is 6.42 Å². The zero-order valence-corrected chi connectivity index (χ0v) is 18.0. The average molecular weight is 398 g/mol. The van der Waals surface area contributed by atoms with Crippen LogP contribution in [0.25, 0.3) is 0 Å². The lowest BCUT2D eigenvalue weighted by Gasteiger charge is -2.40. The Bertz CT molecular complexity index is 768. The van der Waals surface area contributed by atoms with Crippen LogP contribution in [0.15, 0.2) is 42.5 Å². The zero-order chi connectivity index (χ0) is 20.7. The quantitative estimate of drug-likeness (QED) is 0.578. The van der Waals surface area contributed by atoms with Crippen LogP contribution in [-0.2, 0) is 10.3 Å². The number of nitrogens with one attached hydrogen (secondary N) is 1. The van der Waals surface area contributed by atoms with E-state index in [0.717, 1.165) is 68.0 Å². The minimum Gasteiger partial charge on any atom is -0.457 e. The van der Waals surface area contributed by atoms with E-state index >= 15 is 0 Å². The van der Waals surface area contributed by atoms with Crippen LogP contribution in [0.5, 0.6) is 11.5 Å². The van der Waals surface area contributed by atoms with Crippen LogP contribution < -0.4 is 10.1 Å². The molecule has 0 spiro atoms. The van der Waals surface area contributed by atoms with Crippen molar-refractivity contribution in [2.45, 2.75) is 51.6 Å². The van der Waals surface area contributed by atoms with Gasteiger partial charge >= 0.3 is 0 Å². The van der Waals surface area contributed by atoms with Gasteiger partial charge in [-0.3, -0.25) is 0 Å². The number of benzene rings is 2. The lowest BCUT2D eigenvalue weighted by Crippen LogP contribution is -2.44. The Labute approximate surface area is 175 Å². The summed E-state index contributed by atoms with van der Waals surface area (Å²) in [5.41, 5.74) is 2.32. The summed E-state index contributed by atoms with van der Waals surface area (Å²) in [6, 6.07) is 14.2. The van der Waals surface area contributed by atoms with E-state index in [9.17, 15) is 5.11 Å². The number of rotatable bonds is 9. The van der Waals surface area contributed by atoms with Gasteiger partial charge in [0.15, 0.2) is 0 Å². The maximum absolute atomic E-state index is 12.1. The fourth-order valence-corrected chi connectivity index (χ4v) is 4.26. The topological polar surface area (TPSA) is 50.7 Å². The van der Waals surface area contributed by atoms with Crippen molar-refractivity contribution < 1.29 is 14.6 Å². The molecule has 2 aromatic rings. The molecule has 0 bridgehead atoms. The number of hydrogen-bond donors (Lipinski definition) is 2. The van der Waals surface area contributed by atoms with Crippen molar-refractivity contribution in [3.05, 3.63) is 59.2 Å². The summed E-state index contributed by atoms with van der Waals surface area (Å²) in [4.78, 5) is 0. The van der Waals surface area contributed by atoms with E-state index < -0.39 is 5.60 Å². The molecule has 29 heavy (non-hydrogen) atoms. The second-order valence-corrected chi connectivity index (χ2v) is 8.33. The highest BCUT2D eigenvalue weighted by Crippen LogP contribution is 2.43. The molecule has 1 aliphatic rings. The fraction of sp³-hybridized carbons (Fsp3) is 0.520. The second kappa shape index (κ2) is 10.2. The molecule has 0 saturated carbocycles. The molecule has 0 radical (unpaired) electrons. The molecule has 0 aromatic heterocycles. The first-order valence-electron chi connectivity index (χ1n) is 10.8. The molecule has 1 saturated heterocycles. The molecule has 2 unspecified atom stereocenters. The summed E-state index contributed by atoms with van der Waals surface area (Å²) in [6.07, 6.45) is 4.67. The van der Waals surface area contributed by atoms with Gasteiger partial charge in [-0.1, -0.05) is 29.3 Å². The Morgan fingerprint density at radius 3 is 2.52 bits per heavy atom. The van der Waals surface area contributed by atoms with Crippen LogP contribution in [0.2, 0.25) is 0 Å². The van der Waals surface area contributed by atoms with Gasteiger partial charge in [0.1, 0.15) is 11.5 Å². The van der Waals surface area contributed by atoms with Crippen molar-refractivity contribution in [3.63, 3.8) is 0 Å². The van der Waals surface area contributed by atoms with E-state index in [-0.39, 0.29) is 5.92 Å². The minimum atomic E-state index is -0.923. The maximum Gasteiger partial charge on any atom is 0.133 e. The summed E-state index contributed by atoms with van der Waals surface area (Å²) in [5.74, 6) is 1.71. The van der Waals surface area contributed by atoms with E-state index in [1.54, 1.807) is 7.11 Å². The largest absolute Gasteiger partial charge is 0.457 e. The SMILES string of the molecule is COCCCCC(O)(c1cc(C)ccc1Oc1ccc(C)cc1)C1CCCNC1. The number of ether oxygens (including phenoxy) is 2. The maximum atomic E-state index is 12.1. The van der Waals surface area contributed by atoms with Gasteiger partial charge in [0.25, 0.3) is 0 Å². The monoisotopic (exact) mass is 397 g/mol. The summed E-state index contributed by atoms with van der Waals surface area (Å²) in [6.45, 7) is 6.72. The molecule has 0 amide bonds. The van der Waals surface area contributed by atoms with Crippen molar-refractivity contribution in [1.29, 1.82) is 0 Å². The molecular weight excluding hydrogens is 362 g/mol. The first-order valence-corrected chi connectivity index (χ1v) is 10.8. The van der Waals surface area contributed by atoms with Crippen LogP contribution in [0.1, 0.15) is 48.8 Å². The van der Waals surface area contributed by atoms with Gasteiger partial charge in [0.05, 0.1) is 5.60 Å². The van der Waals surface area contributed by atoms with Crippen molar-refractivity contribution in [1.82, 2.24) is 5.32 Å².